The first kappa shape index (κ1) is 16.1. The lowest BCUT2D eigenvalue weighted by Crippen LogP contribution is -3.09. The number of nitrogens with zero attached hydrogens (tertiary/aromatic N) is 1. The van der Waals surface area contributed by atoms with Crippen LogP contribution in [0.4, 0.5) is 10.1 Å². The van der Waals surface area contributed by atoms with Crippen LogP contribution in [0.3, 0.4) is 0 Å². The summed E-state index contributed by atoms with van der Waals surface area (Å²) < 4.78 is 18.4. The lowest BCUT2D eigenvalue weighted by Gasteiger charge is -2.21. The Hall–Kier alpha value is -2.73. The Morgan fingerprint density at radius 3 is 2.50 bits per heavy atom. The summed E-state index contributed by atoms with van der Waals surface area (Å²) in [4.78, 5) is 26.6. The van der Waals surface area contributed by atoms with Crippen molar-refractivity contribution in [3.63, 3.8) is 0 Å². The molecule has 1 aliphatic rings. The minimum Gasteiger partial charge on any atom is -0.497 e. The highest BCUT2D eigenvalue weighted by Gasteiger charge is 2.37. The lowest BCUT2D eigenvalue weighted by atomic mass is 10.1. The van der Waals surface area contributed by atoms with Crippen molar-refractivity contribution in [2.75, 3.05) is 25.7 Å². The number of benzene rings is 2. The van der Waals surface area contributed by atoms with Crippen molar-refractivity contribution >= 4 is 17.4 Å². The number of halogens is 1. The second kappa shape index (κ2) is 6.41. The number of Topliss-reactive ketones (excluding diaryl/α,β-unsaturated/α-hetero) is 1. The number of carbonyl (C=O) groups is 2. The fourth-order valence-electron chi connectivity index (χ4n) is 2.85. The highest BCUT2D eigenvalue weighted by molar-refractivity contribution is 6.52. The zero-order valence-electron chi connectivity index (χ0n) is 13.5. The molecule has 0 radical (unpaired) electrons. The van der Waals surface area contributed by atoms with E-state index in [1.165, 1.54) is 17.0 Å². The van der Waals surface area contributed by atoms with Crippen molar-refractivity contribution in [1.29, 1.82) is 0 Å². The van der Waals surface area contributed by atoms with Gasteiger partial charge in [0.1, 0.15) is 18.1 Å². The molecular formula is C18H18FN2O3+. The summed E-state index contributed by atoms with van der Waals surface area (Å²) in [5.74, 6) is -0.991. The number of amides is 1. The molecule has 0 spiro atoms. The van der Waals surface area contributed by atoms with Gasteiger partial charge in [-0.1, -0.05) is 0 Å². The fourth-order valence-corrected chi connectivity index (χ4v) is 2.85. The van der Waals surface area contributed by atoms with Crippen LogP contribution in [-0.4, -0.2) is 32.5 Å². The Morgan fingerprint density at radius 1 is 1.12 bits per heavy atom. The standard InChI is InChI=1S/C18H17FN2O3/c1-20(10-12-3-6-14(24-2)7-4-12)11-21-16-8-5-13(19)9-15(16)17(22)18(21)23/h3-9H,10-11H2,1-2H3/p+1. The zero-order valence-corrected chi connectivity index (χ0v) is 13.5. The van der Waals surface area contributed by atoms with Gasteiger partial charge in [-0.3, -0.25) is 14.5 Å². The van der Waals surface area contributed by atoms with Crippen LogP contribution in [0.15, 0.2) is 42.5 Å². The quantitative estimate of drug-likeness (QED) is 0.834. The van der Waals surface area contributed by atoms with Crippen LogP contribution in [0.5, 0.6) is 5.75 Å². The highest BCUT2D eigenvalue weighted by Crippen LogP contribution is 2.28. The minimum atomic E-state index is -0.651. The minimum absolute atomic E-state index is 0.136. The first-order valence-corrected chi connectivity index (χ1v) is 7.59. The molecule has 0 aromatic heterocycles. The van der Waals surface area contributed by atoms with E-state index in [1.54, 1.807) is 7.11 Å². The summed E-state index contributed by atoms with van der Waals surface area (Å²) in [5, 5.41) is 0. The van der Waals surface area contributed by atoms with Gasteiger partial charge in [-0.05, 0) is 42.5 Å². The molecule has 0 bridgehead atoms. The topological polar surface area (TPSA) is 51.1 Å². The van der Waals surface area contributed by atoms with Crippen molar-refractivity contribution in [1.82, 2.24) is 0 Å². The highest BCUT2D eigenvalue weighted by atomic mass is 19.1. The Bertz CT molecular complexity index is 789. The van der Waals surface area contributed by atoms with Gasteiger partial charge in [0.2, 0.25) is 0 Å². The largest absolute Gasteiger partial charge is 0.497 e. The Balaban J connectivity index is 1.73. The van der Waals surface area contributed by atoms with Gasteiger partial charge in [0, 0.05) is 5.56 Å². The molecule has 2 aromatic carbocycles. The van der Waals surface area contributed by atoms with E-state index >= 15 is 0 Å². The normalized spacial score (nSPS) is 14.7. The van der Waals surface area contributed by atoms with E-state index in [0.29, 0.717) is 18.9 Å². The molecule has 1 unspecified atom stereocenters. The van der Waals surface area contributed by atoms with Crippen molar-refractivity contribution in [3.8, 4) is 5.75 Å². The summed E-state index contributed by atoms with van der Waals surface area (Å²) in [5.41, 5.74) is 1.70. The van der Waals surface area contributed by atoms with E-state index in [9.17, 15) is 14.0 Å². The van der Waals surface area contributed by atoms with Crippen LogP contribution in [0, 0.1) is 5.82 Å². The van der Waals surface area contributed by atoms with Gasteiger partial charge in [-0.2, -0.15) is 0 Å². The Kier molecular flexibility index (Phi) is 4.31. The third-order valence-corrected chi connectivity index (χ3v) is 4.03. The second-order valence-corrected chi connectivity index (χ2v) is 5.86. The van der Waals surface area contributed by atoms with E-state index in [2.05, 4.69) is 0 Å². The van der Waals surface area contributed by atoms with E-state index in [4.69, 9.17) is 4.74 Å². The van der Waals surface area contributed by atoms with Crippen LogP contribution in [0.2, 0.25) is 0 Å². The number of ketones is 1. The number of methoxy groups -OCH3 is 1. The SMILES string of the molecule is COc1ccc(C[NH+](C)CN2C(=O)C(=O)c3cc(F)ccc32)cc1. The number of anilines is 1. The predicted octanol–water partition coefficient (Wildman–Crippen LogP) is 1.04. The first-order chi connectivity index (χ1) is 11.5. The molecule has 1 aliphatic heterocycles. The Labute approximate surface area is 139 Å². The molecule has 1 amide bonds. The molecule has 1 heterocycles. The smallest absolute Gasteiger partial charge is 0.303 e. The van der Waals surface area contributed by atoms with Gasteiger partial charge in [0.25, 0.3) is 5.78 Å². The average Bonchev–Trinajstić information content (AvgIpc) is 2.80. The van der Waals surface area contributed by atoms with Crippen LogP contribution >= 0.6 is 0 Å². The zero-order chi connectivity index (χ0) is 17.3. The van der Waals surface area contributed by atoms with Crippen molar-refractivity contribution in [2.45, 2.75) is 6.54 Å². The summed E-state index contributed by atoms with van der Waals surface area (Å²) in [7, 11) is 3.55. The summed E-state index contributed by atoms with van der Waals surface area (Å²) in [6.07, 6.45) is 0. The molecule has 3 rings (SSSR count). The maximum absolute atomic E-state index is 13.3. The van der Waals surface area contributed by atoms with Gasteiger partial charge in [0.05, 0.1) is 25.4 Å². The molecule has 2 aromatic rings. The summed E-state index contributed by atoms with van der Waals surface area (Å²) in [6.45, 7) is 1.01. The van der Waals surface area contributed by atoms with E-state index in [0.717, 1.165) is 22.3 Å². The van der Waals surface area contributed by atoms with E-state index in [-0.39, 0.29) is 5.56 Å². The predicted molar refractivity (Wildman–Crippen MR) is 86.7 cm³/mol. The molecule has 0 aliphatic carbocycles. The second-order valence-electron chi connectivity index (χ2n) is 5.86. The van der Waals surface area contributed by atoms with Gasteiger partial charge < -0.3 is 9.64 Å². The summed E-state index contributed by atoms with van der Waals surface area (Å²) >= 11 is 0. The summed E-state index contributed by atoms with van der Waals surface area (Å²) in [6, 6.07) is 11.5. The van der Waals surface area contributed by atoms with Crippen molar-refractivity contribution < 1.29 is 23.6 Å². The molecular weight excluding hydrogens is 311 g/mol. The van der Waals surface area contributed by atoms with E-state index < -0.39 is 17.5 Å². The molecule has 1 atom stereocenters. The lowest BCUT2D eigenvalue weighted by molar-refractivity contribution is -0.892. The average molecular weight is 329 g/mol. The number of fused-ring (bicyclic) bond motifs is 1. The maximum Gasteiger partial charge on any atom is 0.303 e. The molecule has 0 saturated carbocycles. The number of hydrogen-bond donors (Lipinski definition) is 1. The molecule has 124 valence electrons. The van der Waals surface area contributed by atoms with Crippen LogP contribution in [0.1, 0.15) is 15.9 Å². The van der Waals surface area contributed by atoms with Crippen LogP contribution in [0.25, 0.3) is 0 Å². The Morgan fingerprint density at radius 2 is 1.83 bits per heavy atom. The number of carbonyl (C=O) groups excluding carboxylic acids is 2. The first-order valence-electron chi connectivity index (χ1n) is 7.59. The number of quaternary nitrogens is 1. The molecule has 1 N–H and O–H groups in total. The third kappa shape index (κ3) is 3.00. The number of nitrogens with one attached hydrogen (secondary N) is 1. The van der Waals surface area contributed by atoms with E-state index in [1.807, 2.05) is 31.3 Å². The number of hydrogen-bond acceptors (Lipinski definition) is 3. The molecule has 0 fully saturated rings. The van der Waals surface area contributed by atoms with Crippen LogP contribution < -0.4 is 14.5 Å². The monoisotopic (exact) mass is 329 g/mol. The fraction of sp³-hybridized carbons (Fsp3) is 0.222. The number of ether oxygens (including phenoxy) is 1. The van der Waals surface area contributed by atoms with Gasteiger partial charge in [0.15, 0.2) is 6.67 Å². The van der Waals surface area contributed by atoms with Crippen molar-refractivity contribution in [2.24, 2.45) is 0 Å². The molecule has 6 heteroatoms. The van der Waals surface area contributed by atoms with Gasteiger partial charge in [-0.15, -0.1) is 0 Å². The molecule has 24 heavy (non-hydrogen) atoms. The maximum atomic E-state index is 13.3. The molecule has 5 nitrogen and oxygen atoms in total. The van der Waals surface area contributed by atoms with Crippen molar-refractivity contribution in [3.05, 3.63) is 59.4 Å². The third-order valence-electron chi connectivity index (χ3n) is 4.03. The van der Waals surface area contributed by atoms with Gasteiger partial charge >= 0.3 is 5.91 Å². The van der Waals surface area contributed by atoms with Crippen LogP contribution in [-0.2, 0) is 11.3 Å². The van der Waals surface area contributed by atoms with Gasteiger partial charge in [-0.25, -0.2) is 4.39 Å². The number of rotatable bonds is 5. The molecule has 0 saturated heterocycles.